The van der Waals surface area contributed by atoms with Crippen LogP contribution in [-0.2, 0) is 11.2 Å². The van der Waals surface area contributed by atoms with Gasteiger partial charge in [0, 0.05) is 30.7 Å². The van der Waals surface area contributed by atoms with E-state index >= 15 is 0 Å². The van der Waals surface area contributed by atoms with Crippen molar-refractivity contribution >= 4 is 23.3 Å². The highest BCUT2D eigenvalue weighted by atomic mass is 35.5. The summed E-state index contributed by atoms with van der Waals surface area (Å²) in [5, 5.41) is 7.78. The van der Waals surface area contributed by atoms with Gasteiger partial charge < -0.3 is 10.2 Å². The quantitative estimate of drug-likeness (QED) is 0.694. The minimum Gasteiger partial charge on any atom is -0.355 e. The molecule has 1 aromatic carbocycles. The number of nitrogens with one attached hydrogen (secondary N) is 1. The molecule has 1 amide bonds. The second-order valence-corrected chi connectivity index (χ2v) is 6.78. The van der Waals surface area contributed by atoms with Crippen LogP contribution < -0.4 is 10.2 Å². The molecule has 0 atom stereocenters. The number of hydrogen-bond donors (Lipinski definition) is 1. The third-order valence-corrected chi connectivity index (χ3v) is 4.75. The van der Waals surface area contributed by atoms with Gasteiger partial charge in [-0.25, -0.2) is 19.6 Å². The number of anilines is 1. The summed E-state index contributed by atoms with van der Waals surface area (Å²) in [5.74, 6) is 1.47. The molecule has 0 unspecified atom stereocenters. The zero-order chi connectivity index (χ0) is 18.6. The van der Waals surface area contributed by atoms with Gasteiger partial charge in [0.2, 0.25) is 5.91 Å². The smallest absolute Gasteiger partial charge is 0.226 e. The number of carbonyl (C=O) groups excluding carboxylic acids is 1. The third-order valence-electron chi connectivity index (χ3n) is 4.49. The van der Waals surface area contributed by atoms with E-state index in [1.807, 2.05) is 35.2 Å². The number of aromatic nitrogens is 5. The SMILES string of the molecule is O=C(NCCc1ccc(Cl)cc1)C1CN(c2cc(-n3cncn3)ncn2)C1. The Morgan fingerprint density at radius 3 is 2.67 bits per heavy atom. The molecule has 3 heterocycles. The van der Waals surface area contributed by atoms with E-state index in [-0.39, 0.29) is 11.8 Å². The van der Waals surface area contributed by atoms with Crippen molar-refractivity contribution in [2.45, 2.75) is 6.42 Å². The highest BCUT2D eigenvalue weighted by molar-refractivity contribution is 6.30. The number of hydrogen-bond acceptors (Lipinski definition) is 6. The molecule has 2 aromatic heterocycles. The zero-order valence-corrected chi connectivity index (χ0v) is 15.3. The van der Waals surface area contributed by atoms with Crippen LogP contribution in [0.15, 0.2) is 49.3 Å². The molecule has 9 heteroatoms. The summed E-state index contributed by atoms with van der Waals surface area (Å²) in [5.41, 5.74) is 1.15. The number of benzene rings is 1. The van der Waals surface area contributed by atoms with Gasteiger partial charge in [0.05, 0.1) is 5.92 Å². The Labute approximate surface area is 161 Å². The van der Waals surface area contributed by atoms with Crippen molar-refractivity contribution in [2.75, 3.05) is 24.5 Å². The van der Waals surface area contributed by atoms with E-state index in [4.69, 9.17) is 11.6 Å². The standard InChI is InChI=1S/C18H18ClN7O/c19-15-3-1-13(2-4-15)5-6-21-18(27)14-8-25(9-14)16-7-17(23-11-22-16)26-12-20-10-24-26/h1-4,7,10-12,14H,5-6,8-9H2,(H,21,27). The fraction of sp³-hybridized carbons (Fsp3) is 0.278. The van der Waals surface area contributed by atoms with Crippen LogP contribution in [0.1, 0.15) is 5.56 Å². The van der Waals surface area contributed by atoms with Crippen molar-refractivity contribution in [3.63, 3.8) is 0 Å². The van der Waals surface area contributed by atoms with Crippen molar-refractivity contribution in [3.8, 4) is 5.82 Å². The van der Waals surface area contributed by atoms with Gasteiger partial charge in [0.1, 0.15) is 24.8 Å². The normalized spacial score (nSPS) is 14.0. The maximum Gasteiger partial charge on any atom is 0.226 e. The monoisotopic (exact) mass is 383 g/mol. The summed E-state index contributed by atoms with van der Waals surface area (Å²) in [6.45, 7) is 1.89. The number of carbonyl (C=O) groups is 1. The van der Waals surface area contributed by atoms with Gasteiger partial charge in [-0.3, -0.25) is 4.79 Å². The number of rotatable bonds is 6. The molecule has 0 bridgehead atoms. The van der Waals surface area contributed by atoms with Gasteiger partial charge in [-0.2, -0.15) is 5.10 Å². The van der Waals surface area contributed by atoms with Crippen LogP contribution in [0, 0.1) is 5.92 Å². The molecule has 1 fully saturated rings. The van der Waals surface area contributed by atoms with E-state index in [1.165, 1.54) is 12.7 Å². The summed E-state index contributed by atoms with van der Waals surface area (Å²) in [6, 6.07) is 9.50. The molecule has 138 valence electrons. The molecule has 0 saturated carbocycles. The Hall–Kier alpha value is -3.00. The summed E-state index contributed by atoms with van der Waals surface area (Å²) >= 11 is 5.88. The van der Waals surface area contributed by atoms with Crippen molar-refractivity contribution < 1.29 is 4.79 Å². The van der Waals surface area contributed by atoms with Gasteiger partial charge >= 0.3 is 0 Å². The molecule has 0 radical (unpaired) electrons. The topological polar surface area (TPSA) is 88.8 Å². The highest BCUT2D eigenvalue weighted by Gasteiger charge is 2.33. The Balaban J connectivity index is 1.26. The maximum absolute atomic E-state index is 12.3. The maximum atomic E-state index is 12.3. The minimum atomic E-state index is -0.0278. The molecule has 1 saturated heterocycles. The molecule has 1 aliphatic rings. The van der Waals surface area contributed by atoms with Crippen LogP contribution in [-0.4, -0.2) is 50.3 Å². The second kappa shape index (κ2) is 7.71. The lowest BCUT2D eigenvalue weighted by atomic mass is 9.99. The van der Waals surface area contributed by atoms with E-state index in [2.05, 4.69) is 25.4 Å². The van der Waals surface area contributed by atoms with E-state index in [0.717, 1.165) is 17.8 Å². The third kappa shape index (κ3) is 4.06. The molecule has 0 spiro atoms. The highest BCUT2D eigenvalue weighted by Crippen LogP contribution is 2.23. The predicted molar refractivity (Wildman–Crippen MR) is 101 cm³/mol. The van der Waals surface area contributed by atoms with E-state index < -0.39 is 0 Å². The van der Waals surface area contributed by atoms with Crippen molar-refractivity contribution in [1.29, 1.82) is 0 Å². The fourth-order valence-electron chi connectivity index (χ4n) is 2.92. The van der Waals surface area contributed by atoms with E-state index in [1.54, 1.807) is 11.0 Å². The van der Waals surface area contributed by atoms with E-state index in [0.29, 0.717) is 30.5 Å². The molecule has 1 N–H and O–H groups in total. The Bertz CT molecular complexity index is 908. The van der Waals surface area contributed by atoms with Gasteiger partial charge in [0.25, 0.3) is 0 Å². The van der Waals surface area contributed by atoms with Crippen LogP contribution >= 0.6 is 11.6 Å². The van der Waals surface area contributed by atoms with Crippen molar-refractivity contribution in [3.05, 3.63) is 59.9 Å². The molecule has 3 aromatic rings. The largest absolute Gasteiger partial charge is 0.355 e. The van der Waals surface area contributed by atoms with Gasteiger partial charge in [0.15, 0.2) is 5.82 Å². The Morgan fingerprint density at radius 1 is 1.15 bits per heavy atom. The van der Waals surface area contributed by atoms with Crippen molar-refractivity contribution in [1.82, 2.24) is 30.0 Å². The zero-order valence-electron chi connectivity index (χ0n) is 14.5. The molecule has 1 aliphatic heterocycles. The summed E-state index contributed by atoms with van der Waals surface area (Å²) in [4.78, 5) is 26.7. The first-order chi connectivity index (χ1) is 13.2. The van der Waals surface area contributed by atoms with Gasteiger partial charge in [-0.05, 0) is 24.1 Å². The van der Waals surface area contributed by atoms with Gasteiger partial charge in [-0.1, -0.05) is 23.7 Å². The minimum absolute atomic E-state index is 0.0278. The number of amides is 1. The van der Waals surface area contributed by atoms with Crippen LogP contribution in [0.2, 0.25) is 5.02 Å². The molecule has 4 rings (SSSR count). The fourth-order valence-corrected chi connectivity index (χ4v) is 3.04. The lowest BCUT2D eigenvalue weighted by molar-refractivity contribution is -0.125. The average Bonchev–Trinajstić information content (AvgIpc) is 3.17. The van der Waals surface area contributed by atoms with Crippen molar-refractivity contribution in [2.24, 2.45) is 5.92 Å². The van der Waals surface area contributed by atoms with Crippen LogP contribution in [0.4, 0.5) is 5.82 Å². The Morgan fingerprint density at radius 2 is 1.93 bits per heavy atom. The molecule has 0 aliphatic carbocycles. The van der Waals surface area contributed by atoms with Crippen LogP contribution in [0.25, 0.3) is 5.82 Å². The molecule has 8 nitrogen and oxygen atoms in total. The van der Waals surface area contributed by atoms with Crippen LogP contribution in [0.3, 0.4) is 0 Å². The molecular weight excluding hydrogens is 366 g/mol. The van der Waals surface area contributed by atoms with Gasteiger partial charge in [-0.15, -0.1) is 0 Å². The van der Waals surface area contributed by atoms with E-state index in [9.17, 15) is 4.79 Å². The molecular formula is C18H18ClN7O. The average molecular weight is 384 g/mol. The lowest BCUT2D eigenvalue weighted by Gasteiger charge is -2.39. The summed E-state index contributed by atoms with van der Waals surface area (Å²) < 4.78 is 1.58. The first-order valence-corrected chi connectivity index (χ1v) is 9.01. The second-order valence-electron chi connectivity index (χ2n) is 6.34. The molecule has 27 heavy (non-hydrogen) atoms. The lowest BCUT2D eigenvalue weighted by Crippen LogP contribution is -2.54. The number of halogens is 1. The predicted octanol–water partition coefficient (Wildman–Crippen LogP) is 1.51. The summed E-state index contributed by atoms with van der Waals surface area (Å²) in [7, 11) is 0. The number of nitrogens with zero attached hydrogens (tertiary/aromatic N) is 6. The summed E-state index contributed by atoms with van der Waals surface area (Å²) in [6.07, 6.45) is 5.31. The first kappa shape index (κ1) is 17.4. The Kier molecular flexibility index (Phi) is 4.97. The first-order valence-electron chi connectivity index (χ1n) is 8.63. The van der Waals surface area contributed by atoms with Crippen LogP contribution in [0.5, 0.6) is 0 Å².